The van der Waals surface area contributed by atoms with Crippen LogP contribution in [-0.2, 0) is 27.5 Å². The SMILES string of the molecule is CCC[C@H]1N(C(=O)c2cnccc2C(F)(F)F)CCC[C@@]1(Oc1csc(C(F)(F)F)c1)C(=O)N1CCC(O)(c2ccccc2OCCCCCC(C)=O)CC1. The zero-order valence-electron chi connectivity index (χ0n) is 30.7. The van der Waals surface area contributed by atoms with Crippen molar-refractivity contribution in [2.45, 2.75) is 108 Å². The number of para-hydroxylation sites is 1. The Labute approximate surface area is 319 Å². The molecule has 3 aromatic rings. The van der Waals surface area contributed by atoms with Crippen LogP contribution in [-0.4, -0.2) is 75.4 Å². The quantitative estimate of drug-likeness (QED) is 0.129. The number of pyridine rings is 1. The van der Waals surface area contributed by atoms with Gasteiger partial charge in [0.05, 0.1) is 29.4 Å². The van der Waals surface area contributed by atoms with E-state index in [0.717, 1.165) is 36.7 Å². The molecule has 2 aliphatic rings. The standard InChI is InChI=1S/C39H45F6N3O6S/c1-3-10-32-37(54-27-23-33(55-25-27)39(43,44)45,15-9-19-48(32)34(50)28-24-46-18-14-29(28)38(40,41)42)35(51)47-20-16-36(52,17-21-47)30-12-6-7-13-31(30)53-22-8-4-5-11-26(2)49/h6-7,12-14,18,23-25,32,52H,3-5,8-11,15-17,19-22H2,1-2H3/t32-,37+/m1/s1. The van der Waals surface area contributed by atoms with Crippen LogP contribution in [0.2, 0.25) is 0 Å². The van der Waals surface area contributed by atoms with Gasteiger partial charge < -0.3 is 29.2 Å². The van der Waals surface area contributed by atoms with E-state index in [1.165, 1.54) is 9.80 Å². The average molecular weight is 798 g/mol. The number of thiophene rings is 1. The number of rotatable bonds is 14. The minimum atomic E-state index is -4.89. The molecule has 0 radical (unpaired) electrons. The van der Waals surface area contributed by atoms with Gasteiger partial charge in [-0.05, 0) is 64.0 Å². The Balaban J connectivity index is 1.44. The minimum absolute atomic E-state index is 0.00484. The Hall–Kier alpha value is -4.18. The van der Waals surface area contributed by atoms with Gasteiger partial charge in [0.15, 0.2) is 0 Å². The number of aliphatic hydroxyl groups is 1. The maximum absolute atomic E-state index is 14.9. The molecule has 0 bridgehead atoms. The molecule has 5 rings (SSSR count). The van der Waals surface area contributed by atoms with Gasteiger partial charge in [-0.1, -0.05) is 31.5 Å². The zero-order chi connectivity index (χ0) is 40.0. The summed E-state index contributed by atoms with van der Waals surface area (Å²) in [7, 11) is 0. The van der Waals surface area contributed by atoms with E-state index in [9.17, 15) is 45.8 Å². The van der Waals surface area contributed by atoms with Crippen molar-refractivity contribution < 1.29 is 55.3 Å². The zero-order valence-corrected chi connectivity index (χ0v) is 31.5. The van der Waals surface area contributed by atoms with E-state index < -0.39 is 57.4 Å². The van der Waals surface area contributed by atoms with Crippen molar-refractivity contribution in [2.75, 3.05) is 26.2 Å². The van der Waals surface area contributed by atoms with E-state index in [0.29, 0.717) is 54.6 Å². The highest BCUT2D eigenvalue weighted by Crippen LogP contribution is 2.44. The molecule has 0 saturated carbocycles. The van der Waals surface area contributed by atoms with Crippen molar-refractivity contribution in [2.24, 2.45) is 0 Å². The van der Waals surface area contributed by atoms with E-state index in [4.69, 9.17) is 9.47 Å². The van der Waals surface area contributed by atoms with Crippen molar-refractivity contribution >= 4 is 28.9 Å². The third-order valence-electron chi connectivity index (χ3n) is 10.3. The lowest BCUT2D eigenvalue weighted by molar-refractivity contribution is -0.163. The number of piperidine rings is 2. The summed E-state index contributed by atoms with van der Waals surface area (Å²) >= 11 is 0.376. The van der Waals surface area contributed by atoms with Crippen LogP contribution in [0, 0.1) is 0 Å². The molecule has 1 N–H and O–H groups in total. The van der Waals surface area contributed by atoms with Gasteiger partial charge in [-0.3, -0.25) is 14.6 Å². The number of aromatic nitrogens is 1. The van der Waals surface area contributed by atoms with Gasteiger partial charge in [0, 0.05) is 61.9 Å². The molecular weight excluding hydrogens is 752 g/mol. The molecule has 9 nitrogen and oxygen atoms in total. The molecule has 4 heterocycles. The minimum Gasteiger partial charge on any atom is -0.493 e. The summed E-state index contributed by atoms with van der Waals surface area (Å²) in [4.78, 5) is 45.6. The Bertz CT molecular complexity index is 1810. The lowest BCUT2D eigenvalue weighted by Crippen LogP contribution is -2.68. The van der Waals surface area contributed by atoms with Crippen LogP contribution in [0.3, 0.4) is 0 Å². The molecule has 1 aromatic carbocycles. The van der Waals surface area contributed by atoms with Gasteiger partial charge in [0.1, 0.15) is 22.2 Å². The first-order valence-electron chi connectivity index (χ1n) is 18.4. The average Bonchev–Trinajstić information content (AvgIpc) is 3.62. The van der Waals surface area contributed by atoms with Crippen molar-refractivity contribution in [3.8, 4) is 11.5 Å². The molecule has 55 heavy (non-hydrogen) atoms. The van der Waals surface area contributed by atoms with Crippen molar-refractivity contribution in [1.82, 2.24) is 14.8 Å². The number of hydrogen-bond donors (Lipinski definition) is 1. The number of carbonyl (C=O) groups excluding carboxylic acids is 3. The monoisotopic (exact) mass is 797 g/mol. The number of carbonyl (C=O) groups is 3. The third kappa shape index (κ3) is 9.62. The Morgan fingerprint density at radius 1 is 0.982 bits per heavy atom. The summed E-state index contributed by atoms with van der Waals surface area (Å²) < 4.78 is 95.6. The summed E-state index contributed by atoms with van der Waals surface area (Å²) in [6.07, 6.45) is -4.43. The maximum Gasteiger partial charge on any atom is 0.425 e. The van der Waals surface area contributed by atoms with Crippen LogP contribution in [0.25, 0.3) is 0 Å². The van der Waals surface area contributed by atoms with Crippen LogP contribution in [0.5, 0.6) is 11.5 Å². The first-order chi connectivity index (χ1) is 26.0. The number of hydrogen-bond acceptors (Lipinski definition) is 8. The molecule has 2 aromatic heterocycles. The van der Waals surface area contributed by atoms with E-state index in [-0.39, 0.29) is 63.3 Å². The Kier molecular flexibility index (Phi) is 13.2. The van der Waals surface area contributed by atoms with E-state index in [1.54, 1.807) is 38.1 Å². The van der Waals surface area contributed by atoms with Gasteiger partial charge in [-0.15, -0.1) is 11.3 Å². The summed E-state index contributed by atoms with van der Waals surface area (Å²) in [5.41, 5.74) is -4.75. The second-order valence-electron chi connectivity index (χ2n) is 14.1. The predicted octanol–water partition coefficient (Wildman–Crippen LogP) is 8.44. The topological polar surface area (TPSA) is 109 Å². The molecule has 2 atom stereocenters. The molecule has 2 aliphatic heterocycles. The molecular formula is C39H45F6N3O6S. The third-order valence-corrected chi connectivity index (χ3v) is 11.2. The normalized spacial score (nSPS) is 20.3. The highest BCUT2D eigenvalue weighted by Gasteiger charge is 2.56. The predicted molar refractivity (Wildman–Crippen MR) is 192 cm³/mol. The van der Waals surface area contributed by atoms with Crippen LogP contribution >= 0.6 is 11.3 Å². The summed E-state index contributed by atoms with van der Waals surface area (Å²) in [5.74, 6) is -1.31. The van der Waals surface area contributed by atoms with E-state index in [2.05, 4.69) is 4.98 Å². The van der Waals surface area contributed by atoms with Crippen molar-refractivity contribution in [3.05, 3.63) is 75.7 Å². The number of ether oxygens (including phenoxy) is 2. The van der Waals surface area contributed by atoms with Gasteiger partial charge in [-0.2, -0.15) is 26.3 Å². The molecule has 2 amide bonds. The fourth-order valence-electron chi connectivity index (χ4n) is 7.53. The number of halogens is 6. The van der Waals surface area contributed by atoms with Crippen LogP contribution in [0.15, 0.2) is 54.2 Å². The number of Topliss-reactive ketones (excluding diaryl/α,β-unsaturated/α-hetero) is 1. The molecule has 2 saturated heterocycles. The van der Waals surface area contributed by atoms with Gasteiger partial charge in [0.25, 0.3) is 11.8 Å². The van der Waals surface area contributed by atoms with E-state index >= 15 is 0 Å². The van der Waals surface area contributed by atoms with E-state index in [1.807, 2.05) is 0 Å². The number of likely N-dealkylation sites (tertiary alicyclic amines) is 2. The smallest absolute Gasteiger partial charge is 0.425 e. The second kappa shape index (κ2) is 17.3. The number of alkyl halides is 6. The summed E-state index contributed by atoms with van der Waals surface area (Å²) in [5, 5.41) is 13.1. The fraction of sp³-hybridized carbons (Fsp3) is 0.538. The first kappa shape index (κ1) is 42.0. The molecule has 0 spiro atoms. The number of nitrogens with zero attached hydrogens (tertiary/aromatic N) is 3. The van der Waals surface area contributed by atoms with Crippen LogP contribution in [0.4, 0.5) is 26.3 Å². The van der Waals surface area contributed by atoms with Crippen LogP contribution < -0.4 is 9.47 Å². The molecule has 16 heteroatoms. The number of ketones is 1. The fourth-order valence-corrected chi connectivity index (χ4v) is 8.21. The maximum atomic E-state index is 14.9. The largest absolute Gasteiger partial charge is 0.493 e. The molecule has 2 fully saturated rings. The van der Waals surface area contributed by atoms with Gasteiger partial charge in [0.2, 0.25) is 5.60 Å². The number of unbranched alkanes of at least 4 members (excludes halogenated alkanes) is 2. The van der Waals surface area contributed by atoms with Gasteiger partial charge >= 0.3 is 12.4 Å². The van der Waals surface area contributed by atoms with Crippen molar-refractivity contribution in [3.63, 3.8) is 0 Å². The lowest BCUT2D eigenvalue weighted by Gasteiger charge is -2.51. The number of benzene rings is 1. The molecule has 300 valence electrons. The Morgan fingerprint density at radius 2 is 1.71 bits per heavy atom. The first-order valence-corrected chi connectivity index (χ1v) is 19.3. The molecule has 0 aliphatic carbocycles. The highest BCUT2D eigenvalue weighted by molar-refractivity contribution is 7.10. The van der Waals surface area contributed by atoms with Crippen molar-refractivity contribution in [1.29, 1.82) is 0 Å². The van der Waals surface area contributed by atoms with Gasteiger partial charge in [-0.25, -0.2) is 0 Å². The second-order valence-corrected chi connectivity index (χ2v) is 15.1. The highest BCUT2D eigenvalue weighted by atomic mass is 32.1. The van der Waals surface area contributed by atoms with Crippen LogP contribution in [0.1, 0.15) is 104 Å². The Morgan fingerprint density at radius 3 is 2.36 bits per heavy atom. The summed E-state index contributed by atoms with van der Waals surface area (Å²) in [6.45, 7) is 3.65. The molecule has 0 unspecified atom stereocenters. The summed E-state index contributed by atoms with van der Waals surface area (Å²) in [6, 6.07) is 7.35. The lowest BCUT2D eigenvalue weighted by atomic mass is 9.78. The number of amides is 2.